The monoisotopic (exact) mass is 260 g/mol. The highest BCUT2D eigenvalue weighted by atomic mass is 19.1. The van der Waals surface area contributed by atoms with E-state index in [-0.39, 0.29) is 22.7 Å². The number of para-hydroxylation sites is 2. The molecule has 0 atom stereocenters. The summed E-state index contributed by atoms with van der Waals surface area (Å²) >= 11 is 0. The Balaban J connectivity index is 2.40. The van der Waals surface area contributed by atoms with Crippen LogP contribution in [-0.2, 0) is 0 Å². The first-order valence-electron chi connectivity index (χ1n) is 5.62. The third-order valence-electron chi connectivity index (χ3n) is 2.82. The molecular formula is C14H13FN2O2. The minimum absolute atomic E-state index is 0.0331. The average Bonchev–Trinajstić information content (AvgIpc) is 2.41. The molecule has 5 heteroatoms. The van der Waals surface area contributed by atoms with Gasteiger partial charge in [0.05, 0.1) is 16.9 Å². The molecule has 98 valence electrons. The first-order chi connectivity index (χ1) is 9.02. The van der Waals surface area contributed by atoms with Crippen molar-refractivity contribution >= 4 is 17.3 Å². The van der Waals surface area contributed by atoms with Gasteiger partial charge < -0.3 is 15.7 Å². The van der Waals surface area contributed by atoms with Gasteiger partial charge in [-0.3, -0.25) is 4.79 Å². The molecule has 0 saturated carbocycles. The summed E-state index contributed by atoms with van der Waals surface area (Å²) in [5.74, 6) is -1.34. The van der Waals surface area contributed by atoms with E-state index in [1.807, 2.05) is 0 Å². The molecule has 3 N–H and O–H groups in total. The van der Waals surface area contributed by atoms with Crippen molar-refractivity contribution in [1.29, 1.82) is 0 Å². The second-order valence-corrected chi connectivity index (χ2v) is 4.06. The minimum Gasteiger partial charge on any atom is -0.505 e. The van der Waals surface area contributed by atoms with E-state index in [0.717, 1.165) is 4.90 Å². The zero-order valence-corrected chi connectivity index (χ0v) is 10.3. The van der Waals surface area contributed by atoms with Crippen molar-refractivity contribution in [2.45, 2.75) is 0 Å². The lowest BCUT2D eigenvalue weighted by Gasteiger charge is -2.18. The second-order valence-electron chi connectivity index (χ2n) is 4.06. The normalized spacial score (nSPS) is 10.2. The van der Waals surface area contributed by atoms with Gasteiger partial charge in [-0.2, -0.15) is 0 Å². The molecule has 0 heterocycles. The Kier molecular flexibility index (Phi) is 3.37. The average molecular weight is 260 g/mol. The van der Waals surface area contributed by atoms with E-state index in [4.69, 9.17) is 5.73 Å². The maximum absolute atomic E-state index is 13.6. The van der Waals surface area contributed by atoms with Crippen LogP contribution in [0.3, 0.4) is 0 Å². The predicted molar refractivity (Wildman–Crippen MR) is 71.7 cm³/mol. The number of anilines is 2. The number of aromatic hydroxyl groups is 1. The third-order valence-corrected chi connectivity index (χ3v) is 2.82. The first-order valence-corrected chi connectivity index (χ1v) is 5.62. The topological polar surface area (TPSA) is 66.6 Å². The largest absolute Gasteiger partial charge is 0.505 e. The number of amides is 1. The van der Waals surface area contributed by atoms with Crippen LogP contribution in [0.25, 0.3) is 0 Å². The number of nitrogens with zero attached hydrogens (tertiary/aromatic N) is 1. The molecule has 0 radical (unpaired) electrons. The van der Waals surface area contributed by atoms with E-state index in [1.165, 1.54) is 37.4 Å². The van der Waals surface area contributed by atoms with Crippen LogP contribution < -0.4 is 10.6 Å². The third kappa shape index (κ3) is 2.35. The van der Waals surface area contributed by atoms with Gasteiger partial charge in [0.15, 0.2) is 5.75 Å². The van der Waals surface area contributed by atoms with Crippen LogP contribution >= 0.6 is 0 Å². The molecule has 2 aromatic rings. The Bertz CT molecular complexity index is 629. The summed E-state index contributed by atoms with van der Waals surface area (Å²) in [6, 6.07) is 10.4. The van der Waals surface area contributed by atoms with Crippen LogP contribution in [0.15, 0.2) is 42.5 Å². The van der Waals surface area contributed by atoms with Crippen molar-refractivity contribution in [3.63, 3.8) is 0 Å². The van der Waals surface area contributed by atoms with E-state index < -0.39 is 11.7 Å². The first kappa shape index (κ1) is 12.9. The molecule has 2 rings (SSSR count). The van der Waals surface area contributed by atoms with Gasteiger partial charge in [-0.05, 0) is 24.3 Å². The molecule has 0 spiro atoms. The van der Waals surface area contributed by atoms with Crippen molar-refractivity contribution in [3.05, 3.63) is 53.8 Å². The lowest BCUT2D eigenvalue weighted by molar-refractivity contribution is 0.0989. The Morgan fingerprint density at radius 1 is 1.21 bits per heavy atom. The number of nitrogen functional groups attached to an aromatic ring is 1. The van der Waals surface area contributed by atoms with Gasteiger partial charge in [0, 0.05) is 7.05 Å². The predicted octanol–water partition coefficient (Wildman–Crippen LogP) is 2.39. The molecule has 0 bridgehead atoms. The number of carbonyl (C=O) groups excluding carboxylic acids is 1. The van der Waals surface area contributed by atoms with Crippen molar-refractivity contribution in [1.82, 2.24) is 0 Å². The molecule has 0 aromatic heterocycles. The fraction of sp³-hybridized carbons (Fsp3) is 0.0714. The number of nitrogens with two attached hydrogens (primary N) is 1. The van der Waals surface area contributed by atoms with Crippen LogP contribution in [0.5, 0.6) is 5.75 Å². The number of hydrogen-bond acceptors (Lipinski definition) is 3. The van der Waals surface area contributed by atoms with E-state index in [2.05, 4.69) is 0 Å². The SMILES string of the molecule is CN(C(=O)c1cccc(N)c1O)c1ccccc1F. The van der Waals surface area contributed by atoms with Gasteiger partial charge in [0.25, 0.3) is 5.91 Å². The standard InChI is InChI=1S/C14H13FN2O2/c1-17(12-8-3-2-6-10(12)15)14(19)9-5-4-7-11(16)13(9)18/h2-8,18H,16H2,1H3. The smallest absolute Gasteiger partial charge is 0.261 e. The lowest BCUT2D eigenvalue weighted by Crippen LogP contribution is -2.27. The molecule has 19 heavy (non-hydrogen) atoms. The fourth-order valence-corrected chi connectivity index (χ4v) is 1.75. The van der Waals surface area contributed by atoms with Gasteiger partial charge in [0.1, 0.15) is 5.82 Å². The van der Waals surface area contributed by atoms with Crippen LogP contribution in [0.4, 0.5) is 15.8 Å². The van der Waals surface area contributed by atoms with E-state index in [1.54, 1.807) is 12.1 Å². The highest BCUT2D eigenvalue weighted by molar-refractivity contribution is 6.08. The highest BCUT2D eigenvalue weighted by Gasteiger charge is 2.20. The molecule has 0 aliphatic rings. The summed E-state index contributed by atoms with van der Waals surface area (Å²) in [5, 5.41) is 9.77. The fourth-order valence-electron chi connectivity index (χ4n) is 1.75. The van der Waals surface area contributed by atoms with E-state index in [0.29, 0.717) is 0 Å². The van der Waals surface area contributed by atoms with Crippen molar-refractivity contribution in [2.75, 3.05) is 17.7 Å². The molecular weight excluding hydrogens is 247 g/mol. The van der Waals surface area contributed by atoms with Crippen molar-refractivity contribution in [2.24, 2.45) is 0 Å². The van der Waals surface area contributed by atoms with Crippen LogP contribution in [0.1, 0.15) is 10.4 Å². The molecule has 4 nitrogen and oxygen atoms in total. The Morgan fingerprint density at radius 3 is 2.58 bits per heavy atom. The van der Waals surface area contributed by atoms with Crippen LogP contribution in [0.2, 0.25) is 0 Å². The number of carbonyl (C=O) groups is 1. The van der Waals surface area contributed by atoms with Gasteiger partial charge >= 0.3 is 0 Å². The quantitative estimate of drug-likeness (QED) is 0.643. The number of halogens is 1. The van der Waals surface area contributed by atoms with E-state index in [9.17, 15) is 14.3 Å². The molecule has 2 aromatic carbocycles. The zero-order valence-electron chi connectivity index (χ0n) is 10.3. The summed E-state index contributed by atoms with van der Waals surface area (Å²) in [7, 11) is 1.43. The number of hydrogen-bond donors (Lipinski definition) is 2. The summed E-state index contributed by atoms with van der Waals surface area (Å²) in [6.45, 7) is 0. The van der Waals surface area contributed by atoms with Gasteiger partial charge in [-0.25, -0.2) is 4.39 Å². The summed E-state index contributed by atoms with van der Waals surface area (Å²) < 4.78 is 13.6. The number of phenols is 1. The van der Waals surface area contributed by atoms with Gasteiger partial charge in [0.2, 0.25) is 0 Å². The lowest BCUT2D eigenvalue weighted by atomic mass is 10.1. The van der Waals surface area contributed by atoms with Crippen molar-refractivity contribution < 1.29 is 14.3 Å². The molecule has 0 fully saturated rings. The number of benzene rings is 2. The van der Waals surface area contributed by atoms with Crippen LogP contribution in [-0.4, -0.2) is 18.1 Å². The maximum Gasteiger partial charge on any atom is 0.261 e. The summed E-state index contributed by atoms with van der Waals surface area (Å²) in [6.07, 6.45) is 0. The number of phenolic OH excluding ortho intramolecular Hbond substituents is 1. The molecule has 0 saturated heterocycles. The highest BCUT2D eigenvalue weighted by Crippen LogP contribution is 2.27. The Hall–Kier alpha value is -2.56. The minimum atomic E-state index is -0.532. The second kappa shape index (κ2) is 4.97. The number of rotatable bonds is 2. The van der Waals surface area contributed by atoms with E-state index >= 15 is 0 Å². The molecule has 0 aliphatic carbocycles. The molecule has 1 amide bonds. The summed E-state index contributed by atoms with van der Waals surface area (Å²) in [5.41, 5.74) is 5.80. The summed E-state index contributed by atoms with van der Waals surface area (Å²) in [4.78, 5) is 13.3. The molecule has 0 unspecified atom stereocenters. The Morgan fingerprint density at radius 2 is 1.89 bits per heavy atom. The van der Waals surface area contributed by atoms with Gasteiger partial charge in [-0.1, -0.05) is 18.2 Å². The maximum atomic E-state index is 13.6. The van der Waals surface area contributed by atoms with Crippen molar-refractivity contribution in [3.8, 4) is 5.75 Å². The van der Waals surface area contributed by atoms with Crippen LogP contribution in [0, 0.1) is 5.82 Å². The zero-order chi connectivity index (χ0) is 14.0. The Labute approximate surface area is 109 Å². The molecule has 0 aliphatic heterocycles. The van der Waals surface area contributed by atoms with Gasteiger partial charge in [-0.15, -0.1) is 0 Å².